The lowest BCUT2D eigenvalue weighted by Crippen LogP contribution is -2.24. The fourth-order valence-electron chi connectivity index (χ4n) is 2.90. The Bertz CT molecular complexity index is 781. The normalized spacial score (nSPS) is 34.0. The molecule has 1 aromatic heterocycles. The van der Waals surface area contributed by atoms with Crippen molar-refractivity contribution in [1.82, 2.24) is 0 Å². The van der Waals surface area contributed by atoms with E-state index in [2.05, 4.69) is 0 Å². The molecule has 0 radical (unpaired) electrons. The maximum atomic E-state index is 11.3. The van der Waals surface area contributed by atoms with Crippen molar-refractivity contribution in [2.75, 3.05) is 7.11 Å². The number of aliphatic hydroxyl groups excluding tert-OH is 1. The molecule has 6 nitrogen and oxygen atoms in total. The van der Waals surface area contributed by atoms with Crippen LogP contribution in [0.3, 0.4) is 0 Å². The van der Waals surface area contributed by atoms with Crippen LogP contribution in [0.4, 0.5) is 0 Å². The van der Waals surface area contributed by atoms with Gasteiger partial charge in [0, 0.05) is 23.1 Å². The maximum absolute atomic E-state index is 11.3. The van der Waals surface area contributed by atoms with E-state index in [1.54, 1.807) is 12.1 Å². The van der Waals surface area contributed by atoms with Gasteiger partial charge in [0.05, 0.1) is 7.11 Å². The highest BCUT2D eigenvalue weighted by Crippen LogP contribution is 2.56. The minimum atomic E-state index is -0.957. The molecule has 1 aromatic carbocycles. The van der Waals surface area contributed by atoms with E-state index in [4.69, 9.17) is 18.6 Å². The van der Waals surface area contributed by atoms with Gasteiger partial charge in [-0.05, 0) is 19.1 Å². The lowest BCUT2D eigenvalue weighted by molar-refractivity contribution is -0.160. The second-order valence-corrected chi connectivity index (χ2v) is 5.52. The summed E-state index contributed by atoms with van der Waals surface area (Å²) in [5.41, 5.74) is 0.154. The molecule has 2 aliphatic rings. The summed E-state index contributed by atoms with van der Waals surface area (Å²) in [5, 5.41) is 10.7. The molecule has 2 aliphatic heterocycles. The molecule has 0 saturated carbocycles. The summed E-state index contributed by atoms with van der Waals surface area (Å²) < 4.78 is 21.6. The van der Waals surface area contributed by atoms with Crippen LogP contribution in [0.15, 0.2) is 33.5 Å². The third-order valence-electron chi connectivity index (χ3n) is 4.21. The molecule has 4 atom stereocenters. The van der Waals surface area contributed by atoms with Crippen LogP contribution in [-0.2, 0) is 9.47 Å². The van der Waals surface area contributed by atoms with Gasteiger partial charge in [0.15, 0.2) is 6.29 Å². The summed E-state index contributed by atoms with van der Waals surface area (Å²) >= 11 is 0. The first-order chi connectivity index (χ1) is 10.0. The first-order valence-corrected chi connectivity index (χ1v) is 6.66. The van der Waals surface area contributed by atoms with Gasteiger partial charge in [0.2, 0.25) is 0 Å². The first kappa shape index (κ1) is 12.8. The summed E-state index contributed by atoms with van der Waals surface area (Å²) in [6.45, 7) is 1.81. The highest BCUT2D eigenvalue weighted by molar-refractivity contribution is 5.79. The van der Waals surface area contributed by atoms with Crippen LogP contribution in [0.2, 0.25) is 0 Å². The van der Waals surface area contributed by atoms with E-state index < -0.39 is 23.6 Å². The summed E-state index contributed by atoms with van der Waals surface area (Å²) in [4.78, 5) is 11.3. The van der Waals surface area contributed by atoms with E-state index in [9.17, 15) is 9.90 Å². The van der Waals surface area contributed by atoms with Crippen molar-refractivity contribution in [1.29, 1.82) is 0 Å². The SMILES string of the molecule is COc1cc2oc(=O)ccc2cc1[C@@H]1O[C@H](O)[C@@]2(C)O[C@@H]12. The first-order valence-electron chi connectivity index (χ1n) is 6.66. The Labute approximate surface area is 119 Å². The Morgan fingerprint density at radius 1 is 1.33 bits per heavy atom. The number of aliphatic hydroxyl groups is 1. The number of ether oxygens (including phenoxy) is 3. The van der Waals surface area contributed by atoms with Crippen molar-refractivity contribution in [3.63, 3.8) is 0 Å². The van der Waals surface area contributed by atoms with Crippen molar-refractivity contribution in [3.8, 4) is 5.75 Å². The standard InChI is InChI=1S/C15H14O6/c1-15-13(21-15)12(20-14(15)17)8-5-7-3-4-11(16)19-9(7)6-10(8)18-2/h3-6,12-14,17H,1-2H3/t12-,13-,14-,15-/m0/s1. The van der Waals surface area contributed by atoms with Crippen LogP contribution in [0.5, 0.6) is 5.75 Å². The van der Waals surface area contributed by atoms with Crippen LogP contribution in [-0.4, -0.2) is 30.2 Å². The minimum Gasteiger partial charge on any atom is -0.496 e. The number of hydrogen-bond acceptors (Lipinski definition) is 6. The van der Waals surface area contributed by atoms with Crippen LogP contribution in [0, 0.1) is 0 Å². The predicted octanol–water partition coefficient (Wildman–Crippen LogP) is 1.35. The molecule has 1 N–H and O–H groups in total. The van der Waals surface area contributed by atoms with Crippen LogP contribution in [0.1, 0.15) is 18.6 Å². The molecule has 110 valence electrons. The quantitative estimate of drug-likeness (QED) is 0.664. The van der Waals surface area contributed by atoms with Gasteiger partial charge in [-0.3, -0.25) is 0 Å². The van der Waals surface area contributed by atoms with E-state index in [0.717, 1.165) is 10.9 Å². The molecule has 0 amide bonds. The summed E-state index contributed by atoms with van der Waals surface area (Å²) in [6.07, 6.45) is -1.56. The zero-order valence-electron chi connectivity index (χ0n) is 11.5. The zero-order chi connectivity index (χ0) is 14.8. The molecular weight excluding hydrogens is 276 g/mol. The molecule has 3 heterocycles. The average molecular weight is 290 g/mol. The lowest BCUT2D eigenvalue weighted by Gasteiger charge is -2.18. The van der Waals surface area contributed by atoms with Crippen molar-refractivity contribution in [2.45, 2.75) is 31.0 Å². The van der Waals surface area contributed by atoms with Crippen molar-refractivity contribution < 1.29 is 23.7 Å². The summed E-state index contributed by atoms with van der Waals surface area (Å²) in [7, 11) is 1.53. The fourth-order valence-corrected chi connectivity index (χ4v) is 2.90. The average Bonchev–Trinajstić information content (AvgIpc) is 3.09. The Hall–Kier alpha value is -1.89. The molecule has 0 aliphatic carbocycles. The number of fused-ring (bicyclic) bond motifs is 2. The summed E-state index contributed by atoms with van der Waals surface area (Å²) in [5.74, 6) is 0.536. The Balaban J connectivity index is 1.85. The molecular formula is C15H14O6. The van der Waals surface area contributed by atoms with Crippen LogP contribution in [0.25, 0.3) is 11.0 Å². The van der Waals surface area contributed by atoms with Gasteiger partial charge in [-0.25, -0.2) is 4.79 Å². The molecule has 2 aromatic rings. The molecule has 2 fully saturated rings. The van der Waals surface area contributed by atoms with Gasteiger partial charge < -0.3 is 23.7 Å². The van der Waals surface area contributed by atoms with Gasteiger partial charge in [-0.2, -0.15) is 0 Å². The number of rotatable bonds is 2. The van der Waals surface area contributed by atoms with E-state index in [1.807, 2.05) is 13.0 Å². The van der Waals surface area contributed by atoms with Crippen LogP contribution >= 0.6 is 0 Å². The maximum Gasteiger partial charge on any atom is 0.336 e. The van der Waals surface area contributed by atoms with Crippen LogP contribution < -0.4 is 10.4 Å². The smallest absolute Gasteiger partial charge is 0.336 e. The number of methoxy groups -OCH3 is 1. The number of epoxide rings is 1. The molecule has 0 unspecified atom stereocenters. The van der Waals surface area contributed by atoms with E-state index in [1.165, 1.54) is 13.2 Å². The van der Waals surface area contributed by atoms with Gasteiger partial charge in [-0.15, -0.1) is 0 Å². The molecule has 4 rings (SSSR count). The lowest BCUT2D eigenvalue weighted by atomic mass is 9.99. The molecule has 0 spiro atoms. The molecule has 21 heavy (non-hydrogen) atoms. The summed E-state index contributed by atoms with van der Waals surface area (Å²) in [6, 6.07) is 6.53. The third kappa shape index (κ3) is 1.73. The van der Waals surface area contributed by atoms with Gasteiger partial charge in [0.1, 0.15) is 29.1 Å². The van der Waals surface area contributed by atoms with Crippen molar-refractivity contribution >= 4 is 11.0 Å². The molecule has 0 bridgehead atoms. The Morgan fingerprint density at radius 2 is 2.14 bits per heavy atom. The number of hydrogen-bond donors (Lipinski definition) is 1. The number of benzene rings is 1. The van der Waals surface area contributed by atoms with Crippen molar-refractivity contribution in [2.24, 2.45) is 0 Å². The Kier molecular flexibility index (Phi) is 2.48. The second-order valence-electron chi connectivity index (χ2n) is 5.52. The van der Waals surface area contributed by atoms with E-state index in [0.29, 0.717) is 11.3 Å². The third-order valence-corrected chi connectivity index (χ3v) is 4.21. The molecule has 6 heteroatoms. The monoisotopic (exact) mass is 290 g/mol. The fraction of sp³-hybridized carbons (Fsp3) is 0.400. The zero-order valence-corrected chi connectivity index (χ0v) is 11.5. The topological polar surface area (TPSA) is 81.4 Å². The predicted molar refractivity (Wildman–Crippen MR) is 72.1 cm³/mol. The molecule has 2 saturated heterocycles. The van der Waals surface area contributed by atoms with E-state index in [-0.39, 0.29) is 6.10 Å². The Morgan fingerprint density at radius 3 is 2.76 bits per heavy atom. The minimum absolute atomic E-state index is 0.199. The van der Waals surface area contributed by atoms with E-state index >= 15 is 0 Å². The van der Waals surface area contributed by atoms with Gasteiger partial charge in [0.25, 0.3) is 0 Å². The van der Waals surface area contributed by atoms with Crippen molar-refractivity contribution in [3.05, 3.63) is 40.2 Å². The highest BCUT2D eigenvalue weighted by Gasteiger charge is 2.68. The highest BCUT2D eigenvalue weighted by atomic mass is 16.7. The van der Waals surface area contributed by atoms with Gasteiger partial charge >= 0.3 is 5.63 Å². The second kappa shape index (κ2) is 4.07. The van der Waals surface area contributed by atoms with Gasteiger partial charge in [-0.1, -0.05) is 0 Å². The largest absolute Gasteiger partial charge is 0.496 e.